The molecule has 0 unspecified atom stereocenters. The largest absolute Gasteiger partial charge is 0.335 e. The predicted octanol–water partition coefficient (Wildman–Crippen LogP) is 2.96. The van der Waals surface area contributed by atoms with Crippen LogP contribution in [0.25, 0.3) is 0 Å². The average molecular weight is 319 g/mol. The van der Waals surface area contributed by atoms with E-state index < -0.39 is 0 Å². The van der Waals surface area contributed by atoms with Gasteiger partial charge in [-0.2, -0.15) is 5.26 Å². The number of amides is 2. The number of halogens is 1. The molecule has 1 aromatic rings. The number of nitriles is 1. The number of nitrogens with one attached hydrogen (secondary N) is 2. The van der Waals surface area contributed by atoms with Crippen LogP contribution in [0.1, 0.15) is 31.2 Å². The standard InChI is InChI=1S/C16H19ClN4O/c17-15-9-13(2-1-11(15)10-18)20-16(22)19-12-5-7-21(8-6-12)14-3-4-14/h1-2,9,12,14H,3-8H2,(H2,19,20,22). The Balaban J connectivity index is 1.48. The molecule has 1 saturated carbocycles. The van der Waals surface area contributed by atoms with Crippen molar-refractivity contribution in [3.63, 3.8) is 0 Å². The first-order valence-electron chi connectivity index (χ1n) is 7.67. The van der Waals surface area contributed by atoms with Crippen LogP contribution in [-0.2, 0) is 0 Å². The maximum absolute atomic E-state index is 12.0. The van der Waals surface area contributed by atoms with Gasteiger partial charge in [0.1, 0.15) is 6.07 Å². The van der Waals surface area contributed by atoms with Crippen molar-refractivity contribution >= 4 is 23.3 Å². The van der Waals surface area contributed by atoms with Gasteiger partial charge in [0, 0.05) is 30.9 Å². The third-order valence-electron chi connectivity index (χ3n) is 4.28. The quantitative estimate of drug-likeness (QED) is 0.900. The molecule has 2 fully saturated rings. The molecule has 1 aliphatic heterocycles. The summed E-state index contributed by atoms with van der Waals surface area (Å²) in [6.45, 7) is 2.14. The van der Waals surface area contributed by atoms with Crippen molar-refractivity contribution in [1.29, 1.82) is 5.26 Å². The Kier molecular flexibility index (Phi) is 4.51. The van der Waals surface area contributed by atoms with E-state index >= 15 is 0 Å². The van der Waals surface area contributed by atoms with Crippen LogP contribution >= 0.6 is 11.6 Å². The van der Waals surface area contributed by atoms with Gasteiger partial charge in [0.05, 0.1) is 10.6 Å². The van der Waals surface area contributed by atoms with Crippen LogP contribution in [0.5, 0.6) is 0 Å². The molecule has 0 radical (unpaired) electrons. The van der Waals surface area contributed by atoms with Crippen molar-refractivity contribution in [2.75, 3.05) is 18.4 Å². The summed E-state index contributed by atoms with van der Waals surface area (Å²) in [6.07, 6.45) is 4.66. The summed E-state index contributed by atoms with van der Waals surface area (Å²) in [7, 11) is 0. The molecule has 0 spiro atoms. The maximum Gasteiger partial charge on any atom is 0.319 e. The van der Waals surface area contributed by atoms with E-state index in [1.807, 2.05) is 6.07 Å². The van der Waals surface area contributed by atoms with E-state index in [0.717, 1.165) is 32.0 Å². The fraction of sp³-hybridized carbons (Fsp3) is 0.500. The summed E-state index contributed by atoms with van der Waals surface area (Å²) in [5.74, 6) is 0. The summed E-state index contributed by atoms with van der Waals surface area (Å²) >= 11 is 5.96. The van der Waals surface area contributed by atoms with Gasteiger partial charge in [0.25, 0.3) is 0 Å². The topological polar surface area (TPSA) is 68.2 Å². The SMILES string of the molecule is N#Cc1ccc(NC(=O)NC2CCN(C3CC3)CC2)cc1Cl. The number of piperidine rings is 1. The van der Waals surface area contributed by atoms with Gasteiger partial charge in [0.15, 0.2) is 0 Å². The normalized spacial score (nSPS) is 19.5. The average Bonchev–Trinajstić information content (AvgIpc) is 3.33. The van der Waals surface area contributed by atoms with Crippen LogP contribution in [0.15, 0.2) is 18.2 Å². The van der Waals surface area contributed by atoms with Gasteiger partial charge >= 0.3 is 6.03 Å². The smallest absolute Gasteiger partial charge is 0.319 e. The van der Waals surface area contributed by atoms with Gasteiger partial charge < -0.3 is 15.5 Å². The van der Waals surface area contributed by atoms with Crippen molar-refractivity contribution in [3.8, 4) is 6.07 Å². The van der Waals surface area contributed by atoms with Crippen LogP contribution < -0.4 is 10.6 Å². The van der Waals surface area contributed by atoms with Crippen molar-refractivity contribution < 1.29 is 4.79 Å². The highest BCUT2D eigenvalue weighted by atomic mass is 35.5. The lowest BCUT2D eigenvalue weighted by Crippen LogP contribution is -2.46. The second-order valence-electron chi connectivity index (χ2n) is 5.95. The molecule has 6 heteroatoms. The number of hydrogen-bond acceptors (Lipinski definition) is 3. The maximum atomic E-state index is 12.0. The van der Waals surface area contributed by atoms with E-state index in [-0.39, 0.29) is 12.1 Å². The zero-order valence-electron chi connectivity index (χ0n) is 12.3. The minimum absolute atomic E-state index is 0.217. The summed E-state index contributed by atoms with van der Waals surface area (Å²) < 4.78 is 0. The Morgan fingerprint density at radius 1 is 1.27 bits per heavy atom. The van der Waals surface area contributed by atoms with Gasteiger partial charge in [-0.1, -0.05) is 11.6 Å². The molecular weight excluding hydrogens is 300 g/mol. The first-order valence-corrected chi connectivity index (χ1v) is 8.05. The fourth-order valence-electron chi connectivity index (χ4n) is 2.88. The van der Waals surface area contributed by atoms with Crippen LogP contribution in [0.3, 0.4) is 0 Å². The van der Waals surface area contributed by atoms with Gasteiger partial charge in [0.2, 0.25) is 0 Å². The van der Waals surface area contributed by atoms with E-state index in [4.69, 9.17) is 16.9 Å². The Labute approximate surface area is 135 Å². The zero-order chi connectivity index (χ0) is 15.5. The number of carbonyl (C=O) groups is 1. The van der Waals surface area contributed by atoms with E-state index in [9.17, 15) is 4.79 Å². The number of nitrogens with zero attached hydrogens (tertiary/aromatic N) is 2. The van der Waals surface area contributed by atoms with E-state index in [1.54, 1.807) is 18.2 Å². The van der Waals surface area contributed by atoms with Crippen LogP contribution in [0, 0.1) is 11.3 Å². The first kappa shape index (κ1) is 15.1. The number of anilines is 1. The molecule has 1 aliphatic carbocycles. The Hall–Kier alpha value is -1.77. The monoisotopic (exact) mass is 318 g/mol. The second-order valence-corrected chi connectivity index (χ2v) is 6.35. The molecule has 2 amide bonds. The molecule has 3 rings (SSSR count). The van der Waals surface area contributed by atoms with Gasteiger partial charge in [-0.25, -0.2) is 4.79 Å². The van der Waals surface area contributed by atoms with Gasteiger partial charge in [-0.15, -0.1) is 0 Å². The molecule has 0 bridgehead atoms. The fourth-order valence-corrected chi connectivity index (χ4v) is 3.11. The lowest BCUT2D eigenvalue weighted by Gasteiger charge is -2.32. The molecule has 5 nitrogen and oxygen atoms in total. The summed E-state index contributed by atoms with van der Waals surface area (Å²) in [6, 6.07) is 7.68. The third-order valence-corrected chi connectivity index (χ3v) is 4.59. The minimum Gasteiger partial charge on any atom is -0.335 e. The highest BCUT2D eigenvalue weighted by molar-refractivity contribution is 6.32. The van der Waals surface area contributed by atoms with Crippen molar-refractivity contribution in [3.05, 3.63) is 28.8 Å². The molecular formula is C16H19ClN4O. The number of likely N-dealkylation sites (tertiary alicyclic amines) is 1. The highest BCUT2D eigenvalue weighted by Gasteiger charge is 2.32. The van der Waals surface area contributed by atoms with E-state index in [2.05, 4.69) is 15.5 Å². The minimum atomic E-state index is -0.217. The Bertz CT molecular complexity index is 601. The van der Waals surface area contributed by atoms with Gasteiger partial charge in [-0.3, -0.25) is 0 Å². The molecule has 1 aromatic carbocycles. The molecule has 0 aromatic heterocycles. The summed E-state index contributed by atoms with van der Waals surface area (Å²) in [4.78, 5) is 14.6. The number of rotatable bonds is 3. The van der Waals surface area contributed by atoms with Crippen LogP contribution in [-0.4, -0.2) is 36.1 Å². The van der Waals surface area contributed by atoms with E-state index in [0.29, 0.717) is 16.3 Å². The zero-order valence-corrected chi connectivity index (χ0v) is 13.1. The van der Waals surface area contributed by atoms with Crippen LogP contribution in [0.2, 0.25) is 5.02 Å². The molecule has 2 N–H and O–H groups in total. The predicted molar refractivity (Wildman–Crippen MR) is 85.9 cm³/mol. The van der Waals surface area contributed by atoms with Crippen molar-refractivity contribution in [1.82, 2.24) is 10.2 Å². The molecule has 1 heterocycles. The van der Waals surface area contributed by atoms with Crippen molar-refractivity contribution in [2.24, 2.45) is 0 Å². The molecule has 0 atom stereocenters. The third kappa shape index (κ3) is 3.70. The number of hydrogen-bond donors (Lipinski definition) is 2. The molecule has 2 aliphatic rings. The number of benzene rings is 1. The van der Waals surface area contributed by atoms with Gasteiger partial charge in [-0.05, 0) is 43.9 Å². The van der Waals surface area contributed by atoms with E-state index in [1.165, 1.54) is 12.8 Å². The van der Waals surface area contributed by atoms with Crippen molar-refractivity contribution in [2.45, 2.75) is 37.8 Å². The molecule has 22 heavy (non-hydrogen) atoms. The lowest BCUT2D eigenvalue weighted by atomic mass is 10.1. The lowest BCUT2D eigenvalue weighted by molar-refractivity contribution is 0.189. The number of carbonyl (C=O) groups excluding carboxylic acids is 1. The summed E-state index contributed by atoms with van der Waals surface area (Å²) in [5, 5.41) is 15.0. The van der Waals surface area contributed by atoms with Crippen LogP contribution in [0.4, 0.5) is 10.5 Å². The second kappa shape index (κ2) is 6.55. The number of urea groups is 1. The Morgan fingerprint density at radius 3 is 2.59 bits per heavy atom. The molecule has 1 saturated heterocycles. The summed E-state index contributed by atoms with van der Waals surface area (Å²) in [5.41, 5.74) is 0.997. The first-order chi connectivity index (χ1) is 10.7. The molecule has 116 valence electrons. The Morgan fingerprint density at radius 2 is 2.00 bits per heavy atom. The highest BCUT2D eigenvalue weighted by Crippen LogP contribution is 2.29.